The number of rotatable bonds is 4. The van der Waals surface area contributed by atoms with Gasteiger partial charge in [0.2, 0.25) is 17.9 Å². The summed E-state index contributed by atoms with van der Waals surface area (Å²) in [7, 11) is 0. The molecule has 3 aromatic rings. The zero-order valence-electron chi connectivity index (χ0n) is 17.5. The minimum Gasteiger partial charge on any atom is -0.322 e. The summed E-state index contributed by atoms with van der Waals surface area (Å²) in [5.74, 6) is 0.211. The van der Waals surface area contributed by atoms with Gasteiger partial charge in [-0.05, 0) is 59.9 Å². The average molecular weight is 412 g/mol. The van der Waals surface area contributed by atoms with Gasteiger partial charge >= 0.3 is 0 Å². The Labute approximate surface area is 180 Å². The maximum atomic E-state index is 13.5. The molecule has 2 bridgehead atoms. The zero-order chi connectivity index (χ0) is 21.7. The van der Waals surface area contributed by atoms with Crippen LogP contribution in [0.15, 0.2) is 65.5 Å². The average Bonchev–Trinajstić information content (AvgIpc) is 3.32. The SMILES string of the molecule is Cc1cc(=O)[nH]c2cc(N(C=O)C(=O)C3C4C=C(c5ccccc5)C(C4)C3C)ccc12. The molecule has 0 aliphatic heterocycles. The van der Waals surface area contributed by atoms with Crippen molar-refractivity contribution in [2.45, 2.75) is 20.3 Å². The first kappa shape index (κ1) is 19.5. The lowest BCUT2D eigenvalue weighted by atomic mass is 9.78. The molecule has 1 aromatic heterocycles. The van der Waals surface area contributed by atoms with E-state index in [0.29, 0.717) is 23.5 Å². The third-order valence-corrected chi connectivity index (χ3v) is 7.03. The Kier molecular flexibility index (Phi) is 4.62. The number of H-pyrrole nitrogens is 1. The highest BCUT2D eigenvalue weighted by atomic mass is 16.2. The van der Waals surface area contributed by atoms with E-state index in [4.69, 9.17) is 0 Å². The Morgan fingerprint density at radius 1 is 1.13 bits per heavy atom. The molecule has 5 rings (SSSR count). The van der Waals surface area contributed by atoms with E-state index >= 15 is 0 Å². The van der Waals surface area contributed by atoms with E-state index in [2.05, 4.69) is 30.1 Å². The van der Waals surface area contributed by atoms with Crippen molar-refractivity contribution in [2.75, 3.05) is 4.90 Å². The van der Waals surface area contributed by atoms with Crippen LogP contribution in [0.3, 0.4) is 0 Å². The maximum absolute atomic E-state index is 13.5. The summed E-state index contributed by atoms with van der Waals surface area (Å²) in [6, 6.07) is 17.2. The number of carbonyl (C=O) groups excluding carboxylic acids is 2. The number of allylic oxidation sites excluding steroid dienone is 2. The standard InChI is InChI=1S/C26H24N2O3/c1-15-10-24(30)27-23-13-19(8-9-20(15)23)28(14-29)26(31)25-16(2)21-11-18(25)12-22(21)17-6-4-3-5-7-17/h3-10,12-14,16,18,21,25H,11H2,1-2H3,(H,27,30). The summed E-state index contributed by atoms with van der Waals surface area (Å²) in [5, 5.41) is 0.894. The second-order valence-electron chi connectivity index (χ2n) is 8.74. The van der Waals surface area contributed by atoms with Crippen molar-refractivity contribution in [1.82, 2.24) is 4.98 Å². The topological polar surface area (TPSA) is 70.2 Å². The molecular weight excluding hydrogens is 388 g/mol. The van der Waals surface area contributed by atoms with E-state index < -0.39 is 0 Å². The highest BCUT2D eigenvalue weighted by Crippen LogP contribution is 2.55. The van der Waals surface area contributed by atoms with Crippen LogP contribution in [0.2, 0.25) is 0 Å². The summed E-state index contributed by atoms with van der Waals surface area (Å²) in [4.78, 5) is 41.3. The second-order valence-corrected chi connectivity index (χ2v) is 8.74. The molecule has 0 spiro atoms. The second kappa shape index (κ2) is 7.34. The van der Waals surface area contributed by atoms with Crippen molar-refractivity contribution in [3.63, 3.8) is 0 Å². The van der Waals surface area contributed by atoms with E-state index in [-0.39, 0.29) is 29.2 Å². The molecule has 4 unspecified atom stereocenters. The number of carbonyl (C=O) groups is 2. The number of pyridine rings is 1. The monoisotopic (exact) mass is 412 g/mol. The number of amides is 2. The lowest BCUT2D eigenvalue weighted by molar-refractivity contribution is -0.126. The summed E-state index contributed by atoms with van der Waals surface area (Å²) in [5.41, 5.74) is 4.29. The number of aromatic nitrogens is 1. The Morgan fingerprint density at radius 2 is 1.90 bits per heavy atom. The van der Waals surface area contributed by atoms with Crippen molar-refractivity contribution in [2.24, 2.45) is 23.7 Å². The molecule has 2 amide bonds. The maximum Gasteiger partial charge on any atom is 0.248 e. The van der Waals surface area contributed by atoms with Gasteiger partial charge < -0.3 is 4.98 Å². The lowest BCUT2D eigenvalue weighted by Gasteiger charge is -2.30. The normalized spacial score (nSPS) is 24.3. The Bertz CT molecular complexity index is 1270. The minimum atomic E-state index is -0.227. The molecule has 2 aliphatic carbocycles. The molecular formula is C26H24N2O3. The fourth-order valence-electron chi connectivity index (χ4n) is 5.55. The number of imide groups is 1. The number of hydrogen-bond acceptors (Lipinski definition) is 3. The Balaban J connectivity index is 1.47. The van der Waals surface area contributed by atoms with Gasteiger partial charge in [-0.2, -0.15) is 0 Å². The molecule has 1 N–H and O–H groups in total. The van der Waals surface area contributed by atoms with E-state index in [1.165, 1.54) is 22.1 Å². The van der Waals surface area contributed by atoms with Crippen LogP contribution in [0.4, 0.5) is 5.69 Å². The molecule has 5 heteroatoms. The number of aryl methyl sites for hydroxylation is 1. The molecule has 2 aromatic carbocycles. The van der Waals surface area contributed by atoms with Crippen LogP contribution < -0.4 is 10.5 Å². The smallest absolute Gasteiger partial charge is 0.248 e. The van der Waals surface area contributed by atoms with Crippen molar-refractivity contribution < 1.29 is 9.59 Å². The molecule has 5 nitrogen and oxygen atoms in total. The summed E-state index contributed by atoms with van der Waals surface area (Å²) in [6.45, 7) is 3.99. The van der Waals surface area contributed by atoms with Gasteiger partial charge in [0.15, 0.2) is 0 Å². The van der Waals surface area contributed by atoms with Crippen LogP contribution >= 0.6 is 0 Å². The number of aromatic amines is 1. The number of fused-ring (bicyclic) bond motifs is 3. The fourth-order valence-corrected chi connectivity index (χ4v) is 5.55. The van der Waals surface area contributed by atoms with Crippen LogP contribution in [0.25, 0.3) is 16.5 Å². The number of benzene rings is 2. The number of anilines is 1. The molecule has 31 heavy (non-hydrogen) atoms. The molecule has 1 saturated carbocycles. The van der Waals surface area contributed by atoms with Gasteiger partial charge in [0.25, 0.3) is 0 Å². The molecule has 1 heterocycles. The fraction of sp³-hybridized carbons (Fsp3) is 0.269. The molecule has 1 fully saturated rings. The number of hydrogen-bond donors (Lipinski definition) is 1. The zero-order valence-corrected chi connectivity index (χ0v) is 17.5. The van der Waals surface area contributed by atoms with Gasteiger partial charge in [0.05, 0.1) is 11.2 Å². The van der Waals surface area contributed by atoms with Gasteiger partial charge in [-0.3, -0.25) is 19.3 Å². The van der Waals surface area contributed by atoms with Crippen molar-refractivity contribution in [3.05, 3.63) is 82.2 Å². The first-order chi connectivity index (χ1) is 15.0. The van der Waals surface area contributed by atoms with Crippen LogP contribution in [-0.2, 0) is 9.59 Å². The molecule has 156 valence electrons. The van der Waals surface area contributed by atoms with Crippen LogP contribution in [0.5, 0.6) is 0 Å². The third-order valence-electron chi connectivity index (χ3n) is 7.03. The summed E-state index contributed by atoms with van der Waals surface area (Å²) >= 11 is 0. The minimum absolute atomic E-state index is 0.132. The largest absolute Gasteiger partial charge is 0.322 e. The highest BCUT2D eigenvalue weighted by molar-refractivity contribution is 6.09. The van der Waals surface area contributed by atoms with Gasteiger partial charge in [-0.15, -0.1) is 0 Å². The summed E-state index contributed by atoms with van der Waals surface area (Å²) in [6.07, 6.45) is 3.77. The molecule has 2 aliphatic rings. The van der Waals surface area contributed by atoms with Crippen molar-refractivity contribution in [1.29, 1.82) is 0 Å². The van der Waals surface area contributed by atoms with Crippen LogP contribution in [0, 0.1) is 30.6 Å². The Morgan fingerprint density at radius 3 is 2.61 bits per heavy atom. The van der Waals surface area contributed by atoms with E-state index in [0.717, 1.165) is 17.4 Å². The first-order valence-corrected chi connectivity index (χ1v) is 10.7. The summed E-state index contributed by atoms with van der Waals surface area (Å²) < 4.78 is 0. The predicted molar refractivity (Wildman–Crippen MR) is 122 cm³/mol. The third kappa shape index (κ3) is 3.12. The first-order valence-electron chi connectivity index (χ1n) is 10.7. The Hall–Kier alpha value is -3.47. The van der Waals surface area contributed by atoms with Crippen molar-refractivity contribution >= 4 is 34.5 Å². The quantitative estimate of drug-likeness (QED) is 0.649. The molecule has 0 radical (unpaired) electrons. The van der Waals surface area contributed by atoms with Gasteiger partial charge in [0.1, 0.15) is 0 Å². The lowest BCUT2D eigenvalue weighted by Crippen LogP contribution is -2.40. The van der Waals surface area contributed by atoms with Gasteiger partial charge in [-0.1, -0.05) is 49.4 Å². The van der Waals surface area contributed by atoms with E-state index in [1.807, 2.05) is 31.2 Å². The van der Waals surface area contributed by atoms with Gasteiger partial charge in [0, 0.05) is 17.4 Å². The highest BCUT2D eigenvalue weighted by Gasteiger charge is 2.50. The van der Waals surface area contributed by atoms with Gasteiger partial charge in [-0.25, -0.2) is 0 Å². The van der Waals surface area contributed by atoms with Crippen molar-refractivity contribution in [3.8, 4) is 0 Å². The molecule has 0 saturated heterocycles. The number of nitrogens with zero attached hydrogens (tertiary/aromatic N) is 1. The van der Waals surface area contributed by atoms with E-state index in [1.54, 1.807) is 12.1 Å². The predicted octanol–water partition coefficient (Wildman–Crippen LogP) is 4.31. The molecule has 4 atom stereocenters. The van der Waals surface area contributed by atoms with E-state index in [9.17, 15) is 14.4 Å². The van der Waals surface area contributed by atoms with Crippen LogP contribution in [-0.4, -0.2) is 17.3 Å². The van der Waals surface area contributed by atoms with Crippen LogP contribution in [0.1, 0.15) is 24.5 Å². The number of nitrogens with one attached hydrogen (secondary N) is 1.